The normalized spacial score (nSPS) is 16.3. The van der Waals surface area contributed by atoms with Crippen molar-refractivity contribution in [3.05, 3.63) is 96.6 Å². The van der Waals surface area contributed by atoms with Crippen LogP contribution in [0.5, 0.6) is 0 Å². The van der Waals surface area contributed by atoms with E-state index in [9.17, 15) is 4.79 Å². The molecule has 0 N–H and O–H groups in total. The molecule has 134 valence electrons. The Kier molecular flexibility index (Phi) is 4.94. The van der Waals surface area contributed by atoms with Gasteiger partial charge in [-0.25, -0.2) is 5.01 Å². The molecule has 0 saturated carbocycles. The second kappa shape index (κ2) is 7.68. The highest BCUT2D eigenvalue weighted by Gasteiger charge is 2.41. The van der Waals surface area contributed by atoms with Gasteiger partial charge in [0.1, 0.15) is 0 Å². The second-order valence-corrected chi connectivity index (χ2v) is 6.85. The summed E-state index contributed by atoms with van der Waals surface area (Å²) in [6.07, 6.45) is 1.41. The van der Waals surface area contributed by atoms with Crippen LogP contribution in [-0.4, -0.2) is 23.4 Å². The molecule has 0 radical (unpaired) electrons. The lowest BCUT2D eigenvalue weighted by Gasteiger charge is -2.30. The highest BCUT2D eigenvalue weighted by Crippen LogP contribution is 2.33. The number of hydrogen-bond acceptors (Lipinski definition) is 5. The fraction of sp³-hybridized carbons (Fsp3) is 0.0909. The Balaban J connectivity index is 1.83. The molecule has 1 heterocycles. The molecule has 4 rings (SSSR count). The number of Topliss-reactive ketones (excluding diaryl/α,β-unsaturated/α-hetero) is 1. The number of hydrogen-bond donors (Lipinski definition) is 0. The van der Waals surface area contributed by atoms with Gasteiger partial charge in [-0.2, -0.15) is 0 Å². The number of carbonyl (C=O) groups excluding carboxylic acids is 1. The van der Waals surface area contributed by atoms with E-state index in [0.717, 1.165) is 16.5 Å². The topological polar surface area (TPSA) is 35.9 Å². The van der Waals surface area contributed by atoms with Gasteiger partial charge in [0.25, 0.3) is 0 Å². The van der Waals surface area contributed by atoms with Gasteiger partial charge < -0.3 is 0 Å². The van der Waals surface area contributed by atoms with Crippen LogP contribution in [0.25, 0.3) is 0 Å². The summed E-state index contributed by atoms with van der Waals surface area (Å²) in [5.74, 6) is 0.0103. The number of thioether (sulfide) groups is 1. The molecule has 1 aliphatic rings. The molecule has 0 aliphatic carbocycles. The first-order chi connectivity index (χ1) is 13.3. The molecule has 1 atom stereocenters. The predicted molar refractivity (Wildman–Crippen MR) is 113 cm³/mol. The third-order valence-corrected chi connectivity index (χ3v) is 5.05. The van der Waals surface area contributed by atoms with Crippen LogP contribution in [0.1, 0.15) is 10.4 Å². The Hall–Kier alpha value is -3.05. The van der Waals surface area contributed by atoms with Crippen LogP contribution in [-0.2, 0) is 0 Å². The Morgan fingerprint density at radius 3 is 1.89 bits per heavy atom. The molecular weight excluding hydrogens is 354 g/mol. The van der Waals surface area contributed by atoms with Crippen LogP contribution in [0.4, 0.5) is 11.4 Å². The lowest BCUT2D eigenvalue weighted by Crippen LogP contribution is -2.47. The summed E-state index contributed by atoms with van der Waals surface area (Å²) in [7, 11) is 0. The zero-order chi connectivity index (χ0) is 18.6. The molecule has 3 aromatic carbocycles. The van der Waals surface area contributed by atoms with Crippen molar-refractivity contribution in [2.75, 3.05) is 16.2 Å². The number of rotatable bonds is 4. The Morgan fingerprint density at radius 2 is 1.33 bits per heavy atom. The van der Waals surface area contributed by atoms with Crippen molar-refractivity contribution in [3.8, 4) is 0 Å². The van der Waals surface area contributed by atoms with Crippen molar-refractivity contribution in [2.45, 2.75) is 6.17 Å². The standard InChI is InChI=1S/C22H19N3OS/c1-27-22-23-25(19-15-9-4-10-16-19)21(20(26)17-11-5-2-6-12-17)24(22)18-13-7-3-8-14-18/h2-16,21H,1H3. The number of amidine groups is 1. The summed E-state index contributed by atoms with van der Waals surface area (Å²) in [6.45, 7) is 0. The number of nitrogens with zero attached hydrogens (tertiary/aromatic N) is 3. The maximum atomic E-state index is 13.5. The van der Waals surface area contributed by atoms with E-state index in [2.05, 4.69) is 0 Å². The fourth-order valence-corrected chi connectivity index (χ4v) is 3.72. The fourth-order valence-electron chi connectivity index (χ4n) is 3.15. The van der Waals surface area contributed by atoms with E-state index in [1.807, 2.05) is 107 Å². The van der Waals surface area contributed by atoms with Crippen molar-refractivity contribution >= 4 is 34.1 Å². The smallest absolute Gasteiger partial charge is 0.208 e. The monoisotopic (exact) mass is 373 g/mol. The number of benzene rings is 3. The van der Waals surface area contributed by atoms with E-state index >= 15 is 0 Å². The van der Waals surface area contributed by atoms with E-state index in [4.69, 9.17) is 5.10 Å². The molecule has 0 aromatic heterocycles. The first-order valence-electron chi connectivity index (χ1n) is 8.70. The van der Waals surface area contributed by atoms with Gasteiger partial charge in [0, 0.05) is 11.3 Å². The van der Waals surface area contributed by atoms with Gasteiger partial charge in [0.05, 0.1) is 5.69 Å². The van der Waals surface area contributed by atoms with Crippen molar-refractivity contribution in [3.63, 3.8) is 0 Å². The predicted octanol–water partition coefficient (Wildman–Crippen LogP) is 4.86. The van der Waals surface area contributed by atoms with Crippen LogP contribution in [0.3, 0.4) is 0 Å². The van der Waals surface area contributed by atoms with Gasteiger partial charge in [0.2, 0.25) is 5.78 Å². The largest absolute Gasteiger partial charge is 0.290 e. The van der Waals surface area contributed by atoms with E-state index in [-0.39, 0.29) is 5.78 Å². The van der Waals surface area contributed by atoms with Crippen molar-refractivity contribution in [1.82, 2.24) is 0 Å². The molecule has 0 spiro atoms. The number of ketones is 1. The third kappa shape index (κ3) is 3.34. The van der Waals surface area contributed by atoms with Crippen LogP contribution in [0.2, 0.25) is 0 Å². The molecule has 3 aromatic rings. The average Bonchev–Trinajstić information content (AvgIpc) is 3.15. The number of anilines is 2. The minimum atomic E-state index is -0.570. The molecule has 0 fully saturated rings. The highest BCUT2D eigenvalue weighted by atomic mass is 32.2. The zero-order valence-corrected chi connectivity index (χ0v) is 15.7. The summed E-state index contributed by atoms with van der Waals surface area (Å²) < 4.78 is 0. The molecule has 0 amide bonds. The Labute approximate surface area is 163 Å². The van der Waals surface area contributed by atoms with Crippen LogP contribution >= 0.6 is 11.8 Å². The highest BCUT2D eigenvalue weighted by molar-refractivity contribution is 8.13. The molecule has 27 heavy (non-hydrogen) atoms. The van der Waals surface area contributed by atoms with E-state index in [1.165, 1.54) is 11.8 Å². The zero-order valence-electron chi connectivity index (χ0n) is 14.9. The summed E-state index contributed by atoms with van der Waals surface area (Å²) in [4.78, 5) is 15.5. The minimum Gasteiger partial charge on any atom is -0.290 e. The SMILES string of the molecule is CSC1=NN(c2ccccc2)C(C(=O)c2ccccc2)N1c1ccccc1. The molecule has 5 heteroatoms. The second-order valence-electron chi connectivity index (χ2n) is 6.08. The van der Waals surface area contributed by atoms with Crippen LogP contribution in [0, 0.1) is 0 Å². The van der Waals surface area contributed by atoms with Crippen LogP contribution in [0.15, 0.2) is 96.1 Å². The van der Waals surface area contributed by atoms with Gasteiger partial charge in [-0.1, -0.05) is 78.5 Å². The third-order valence-electron chi connectivity index (χ3n) is 4.41. The van der Waals surface area contributed by atoms with Crippen molar-refractivity contribution < 1.29 is 4.79 Å². The number of carbonyl (C=O) groups is 1. The van der Waals surface area contributed by atoms with E-state index < -0.39 is 6.17 Å². The summed E-state index contributed by atoms with van der Waals surface area (Å²) in [5.41, 5.74) is 2.50. The quantitative estimate of drug-likeness (QED) is 0.612. The lowest BCUT2D eigenvalue weighted by molar-refractivity contribution is 0.0964. The maximum absolute atomic E-state index is 13.5. The van der Waals surface area contributed by atoms with Gasteiger partial charge in [-0.15, -0.1) is 5.10 Å². The molecule has 1 unspecified atom stereocenters. The van der Waals surface area contributed by atoms with E-state index in [0.29, 0.717) is 5.56 Å². The van der Waals surface area contributed by atoms with Gasteiger partial charge in [-0.3, -0.25) is 9.69 Å². The number of hydrazone groups is 1. The molecule has 0 bridgehead atoms. The minimum absolute atomic E-state index is 0.0103. The molecule has 4 nitrogen and oxygen atoms in total. The summed E-state index contributed by atoms with van der Waals surface area (Å²) in [6, 6.07) is 29.1. The summed E-state index contributed by atoms with van der Waals surface area (Å²) in [5, 5.41) is 7.39. The average molecular weight is 373 g/mol. The Morgan fingerprint density at radius 1 is 0.815 bits per heavy atom. The first-order valence-corrected chi connectivity index (χ1v) is 9.92. The van der Waals surface area contributed by atoms with E-state index in [1.54, 1.807) is 0 Å². The van der Waals surface area contributed by atoms with Gasteiger partial charge in [0.15, 0.2) is 11.3 Å². The summed E-state index contributed by atoms with van der Waals surface area (Å²) >= 11 is 1.53. The lowest BCUT2D eigenvalue weighted by atomic mass is 10.1. The Bertz CT molecular complexity index is 945. The first kappa shape index (κ1) is 17.4. The van der Waals surface area contributed by atoms with Gasteiger partial charge >= 0.3 is 0 Å². The maximum Gasteiger partial charge on any atom is 0.208 e. The van der Waals surface area contributed by atoms with Crippen molar-refractivity contribution in [2.24, 2.45) is 5.10 Å². The molecule has 0 saturated heterocycles. The number of para-hydroxylation sites is 2. The van der Waals surface area contributed by atoms with Gasteiger partial charge in [-0.05, 0) is 30.5 Å². The van der Waals surface area contributed by atoms with Crippen molar-refractivity contribution in [1.29, 1.82) is 0 Å². The van der Waals surface area contributed by atoms with Crippen LogP contribution < -0.4 is 9.91 Å². The molecule has 1 aliphatic heterocycles. The molecular formula is C22H19N3OS.